The Morgan fingerprint density at radius 1 is 1.00 bits per heavy atom. The largest absolute Gasteiger partial charge is 0.381 e. The zero-order valence-corrected chi connectivity index (χ0v) is 22.6. The number of halogens is 1. The van der Waals surface area contributed by atoms with Crippen LogP contribution in [0.1, 0.15) is 71.1 Å². The van der Waals surface area contributed by atoms with E-state index in [1.165, 1.54) is 0 Å². The van der Waals surface area contributed by atoms with E-state index in [2.05, 4.69) is 22.5 Å². The number of nitrogens with two attached hydrogens (primary N) is 1. The van der Waals surface area contributed by atoms with Gasteiger partial charge in [0.1, 0.15) is 6.17 Å². The molecule has 8 heteroatoms. The third-order valence-corrected chi connectivity index (χ3v) is 9.63. The molecule has 36 heavy (non-hydrogen) atoms. The van der Waals surface area contributed by atoms with Gasteiger partial charge in [-0.2, -0.15) is 0 Å². The highest BCUT2D eigenvalue weighted by Gasteiger charge is 2.45. The molecule has 0 aromatic rings. The van der Waals surface area contributed by atoms with Crippen LogP contribution in [0.3, 0.4) is 0 Å². The summed E-state index contributed by atoms with van der Waals surface area (Å²) in [6.45, 7) is 4.56. The summed E-state index contributed by atoms with van der Waals surface area (Å²) in [6.07, 6.45) is 8.49. The zero-order valence-electron chi connectivity index (χ0n) is 22.6. The van der Waals surface area contributed by atoms with E-state index in [9.17, 15) is 9.18 Å². The third kappa shape index (κ3) is 6.98. The van der Waals surface area contributed by atoms with Crippen molar-refractivity contribution in [2.24, 2.45) is 46.2 Å². The fourth-order valence-corrected chi connectivity index (χ4v) is 7.55. The van der Waals surface area contributed by atoms with Gasteiger partial charge in [-0.1, -0.05) is 6.92 Å². The fourth-order valence-electron chi connectivity index (χ4n) is 7.55. The van der Waals surface area contributed by atoms with E-state index < -0.39 is 6.17 Å². The van der Waals surface area contributed by atoms with Crippen LogP contribution in [-0.4, -0.2) is 70.0 Å². The topological polar surface area (TPSA) is 98.0 Å². The van der Waals surface area contributed by atoms with E-state index in [4.69, 9.17) is 15.2 Å². The standard InChI is InChI=1S/C28H49FN4O3/c1-17-9-20(29)6-7-23(17)24-12-19(15-32-26-5-4-8-31-26)13-25(27(24)30)28(34)33-16-18-10-21(35-2)14-22(11-18)36-3/h17-25,27H,4-16,30H2,1-3H3,(H,31,32)(H,33,34). The van der Waals surface area contributed by atoms with Crippen molar-refractivity contribution in [3.63, 3.8) is 0 Å². The van der Waals surface area contributed by atoms with Crippen molar-refractivity contribution >= 4 is 11.7 Å². The van der Waals surface area contributed by atoms with Crippen LogP contribution in [0.25, 0.3) is 0 Å². The second-order valence-electron chi connectivity index (χ2n) is 12.1. The SMILES string of the molecule is COC1CC(CNC(=O)C2CC(CNC3=NCCC3)CC(C3CCC(F)CC3C)C2N)CC(OC)C1. The van der Waals surface area contributed by atoms with Gasteiger partial charge in [-0.25, -0.2) is 4.39 Å². The molecule has 4 N–H and O–H groups in total. The Morgan fingerprint density at radius 2 is 1.72 bits per heavy atom. The minimum absolute atomic E-state index is 0.0794. The van der Waals surface area contributed by atoms with Gasteiger partial charge in [0.15, 0.2) is 0 Å². The van der Waals surface area contributed by atoms with E-state index in [0.29, 0.717) is 43.1 Å². The number of hydrogen-bond donors (Lipinski definition) is 3. The molecule has 0 aromatic carbocycles. The Morgan fingerprint density at radius 3 is 2.36 bits per heavy atom. The first kappa shape index (κ1) is 27.8. The summed E-state index contributed by atoms with van der Waals surface area (Å²) < 4.78 is 25.3. The molecule has 4 rings (SSSR count). The quantitative estimate of drug-likeness (QED) is 0.467. The average Bonchev–Trinajstić information content (AvgIpc) is 3.40. The normalized spacial score (nSPS) is 41.5. The number of methoxy groups -OCH3 is 2. The van der Waals surface area contributed by atoms with Crippen LogP contribution in [-0.2, 0) is 14.3 Å². The maximum absolute atomic E-state index is 14.1. The van der Waals surface area contributed by atoms with E-state index >= 15 is 0 Å². The summed E-state index contributed by atoms with van der Waals surface area (Å²) in [5.74, 6) is 2.62. The monoisotopic (exact) mass is 508 g/mol. The summed E-state index contributed by atoms with van der Waals surface area (Å²) in [5, 5.41) is 6.83. The average molecular weight is 509 g/mol. The first-order chi connectivity index (χ1) is 17.4. The lowest BCUT2D eigenvalue weighted by Gasteiger charge is -2.46. The smallest absolute Gasteiger partial charge is 0.224 e. The van der Waals surface area contributed by atoms with Gasteiger partial charge in [0.25, 0.3) is 0 Å². The first-order valence-electron chi connectivity index (χ1n) is 14.4. The Bertz CT molecular complexity index is 740. The molecule has 3 fully saturated rings. The summed E-state index contributed by atoms with van der Waals surface area (Å²) in [4.78, 5) is 18.1. The van der Waals surface area contributed by atoms with Crippen molar-refractivity contribution in [2.45, 2.75) is 95.6 Å². The number of amidine groups is 1. The zero-order chi connectivity index (χ0) is 25.7. The van der Waals surface area contributed by atoms with Gasteiger partial charge in [0.05, 0.1) is 24.0 Å². The molecule has 0 radical (unpaired) electrons. The van der Waals surface area contributed by atoms with Crippen molar-refractivity contribution in [3.8, 4) is 0 Å². The van der Waals surface area contributed by atoms with E-state index in [1.54, 1.807) is 14.2 Å². The highest BCUT2D eigenvalue weighted by atomic mass is 19.1. The molecule has 3 aliphatic carbocycles. The van der Waals surface area contributed by atoms with E-state index in [0.717, 1.165) is 70.3 Å². The molecule has 0 saturated heterocycles. The summed E-state index contributed by atoms with van der Waals surface area (Å²) in [5.41, 5.74) is 6.89. The maximum Gasteiger partial charge on any atom is 0.224 e. The van der Waals surface area contributed by atoms with Crippen molar-refractivity contribution < 1.29 is 18.7 Å². The number of carbonyl (C=O) groups excluding carboxylic acids is 1. The molecule has 0 spiro atoms. The highest BCUT2D eigenvalue weighted by Crippen LogP contribution is 2.45. The van der Waals surface area contributed by atoms with Gasteiger partial charge < -0.3 is 25.8 Å². The van der Waals surface area contributed by atoms with Crippen LogP contribution in [0.5, 0.6) is 0 Å². The predicted octanol–water partition coefficient (Wildman–Crippen LogP) is 3.46. The molecule has 4 aliphatic rings. The fraction of sp³-hybridized carbons (Fsp3) is 0.929. The molecule has 7 nitrogen and oxygen atoms in total. The van der Waals surface area contributed by atoms with Crippen molar-refractivity contribution in [1.82, 2.24) is 10.6 Å². The van der Waals surface area contributed by atoms with Crippen LogP contribution >= 0.6 is 0 Å². The molecular formula is C28H49FN4O3. The van der Waals surface area contributed by atoms with Gasteiger partial charge in [-0.3, -0.25) is 9.79 Å². The van der Waals surface area contributed by atoms with Crippen molar-refractivity contribution in [3.05, 3.63) is 0 Å². The van der Waals surface area contributed by atoms with Gasteiger partial charge in [0, 0.05) is 46.3 Å². The number of aliphatic imine (C=N–C) groups is 1. The summed E-state index contributed by atoms with van der Waals surface area (Å²) in [6, 6.07) is -0.182. The lowest BCUT2D eigenvalue weighted by Crippen LogP contribution is -2.55. The summed E-state index contributed by atoms with van der Waals surface area (Å²) >= 11 is 0. The molecule has 9 atom stereocenters. The molecule has 1 heterocycles. The minimum Gasteiger partial charge on any atom is -0.381 e. The molecule has 9 unspecified atom stereocenters. The lowest BCUT2D eigenvalue weighted by atomic mass is 9.61. The lowest BCUT2D eigenvalue weighted by molar-refractivity contribution is -0.129. The van der Waals surface area contributed by atoms with Crippen molar-refractivity contribution in [2.75, 3.05) is 33.9 Å². The predicted molar refractivity (Wildman–Crippen MR) is 141 cm³/mol. The van der Waals surface area contributed by atoms with Gasteiger partial charge in [0.2, 0.25) is 5.91 Å². The second kappa shape index (κ2) is 13.0. The number of hydrogen-bond acceptors (Lipinski definition) is 6. The molecule has 206 valence electrons. The Kier molecular flexibility index (Phi) is 10.0. The number of nitrogens with zero attached hydrogens (tertiary/aromatic N) is 1. The number of nitrogens with one attached hydrogen (secondary N) is 2. The third-order valence-electron chi connectivity index (χ3n) is 9.63. The molecule has 0 bridgehead atoms. The Labute approximate surface area is 216 Å². The highest BCUT2D eigenvalue weighted by molar-refractivity contribution is 5.83. The molecule has 1 amide bonds. The Balaban J connectivity index is 1.40. The molecule has 1 aliphatic heterocycles. The number of rotatable bonds is 8. The minimum atomic E-state index is -0.699. The summed E-state index contributed by atoms with van der Waals surface area (Å²) in [7, 11) is 3.50. The van der Waals surface area contributed by atoms with E-state index in [-0.39, 0.29) is 36.0 Å². The molecule has 3 saturated carbocycles. The molecular weight excluding hydrogens is 459 g/mol. The molecule has 0 aromatic heterocycles. The first-order valence-corrected chi connectivity index (χ1v) is 14.4. The van der Waals surface area contributed by atoms with Crippen LogP contribution in [0, 0.1) is 35.5 Å². The van der Waals surface area contributed by atoms with Gasteiger partial charge >= 0.3 is 0 Å². The van der Waals surface area contributed by atoms with Crippen LogP contribution < -0.4 is 16.4 Å². The second-order valence-corrected chi connectivity index (χ2v) is 12.1. The van der Waals surface area contributed by atoms with E-state index in [1.807, 2.05) is 0 Å². The van der Waals surface area contributed by atoms with Gasteiger partial charge in [-0.15, -0.1) is 0 Å². The number of amides is 1. The van der Waals surface area contributed by atoms with Crippen LogP contribution in [0.2, 0.25) is 0 Å². The van der Waals surface area contributed by atoms with Gasteiger partial charge in [-0.05, 0) is 87.4 Å². The maximum atomic E-state index is 14.1. The van der Waals surface area contributed by atoms with Crippen molar-refractivity contribution in [1.29, 1.82) is 0 Å². The number of alkyl halides is 1. The Hall–Kier alpha value is -1.25. The number of ether oxygens (including phenoxy) is 2. The van der Waals surface area contributed by atoms with Crippen LogP contribution in [0.15, 0.2) is 4.99 Å². The number of carbonyl (C=O) groups is 1. The van der Waals surface area contributed by atoms with Crippen LogP contribution in [0.4, 0.5) is 4.39 Å².